The van der Waals surface area contributed by atoms with Crippen molar-refractivity contribution in [2.75, 3.05) is 12.3 Å². The van der Waals surface area contributed by atoms with Gasteiger partial charge in [-0.2, -0.15) is 0 Å². The van der Waals surface area contributed by atoms with E-state index in [4.69, 9.17) is 0 Å². The van der Waals surface area contributed by atoms with E-state index in [1.54, 1.807) is 19.2 Å². The van der Waals surface area contributed by atoms with Crippen molar-refractivity contribution in [1.82, 2.24) is 24.4 Å². The zero-order valence-electron chi connectivity index (χ0n) is 13.8. The lowest BCUT2D eigenvalue weighted by molar-refractivity contribution is 0.0956. The minimum absolute atomic E-state index is 0.137. The van der Waals surface area contributed by atoms with Gasteiger partial charge in [0.15, 0.2) is 16.3 Å². The van der Waals surface area contributed by atoms with Crippen molar-refractivity contribution in [3.05, 3.63) is 56.7 Å². The Kier molecular flexibility index (Phi) is 4.75. The van der Waals surface area contributed by atoms with Gasteiger partial charge >= 0.3 is 5.69 Å². The first-order valence-corrected chi connectivity index (χ1v) is 8.59. The first-order chi connectivity index (χ1) is 12.0. The van der Waals surface area contributed by atoms with Crippen molar-refractivity contribution in [1.29, 1.82) is 0 Å². The molecule has 2 N–H and O–H groups in total. The number of H-pyrrole nitrogens is 1. The number of hydrogen-bond acceptors (Lipinski definition) is 5. The van der Waals surface area contributed by atoms with Crippen LogP contribution in [0.25, 0.3) is 11.2 Å². The van der Waals surface area contributed by atoms with E-state index < -0.39 is 11.2 Å². The fourth-order valence-electron chi connectivity index (χ4n) is 2.38. The molecule has 0 unspecified atom stereocenters. The van der Waals surface area contributed by atoms with Crippen molar-refractivity contribution < 1.29 is 4.79 Å². The SMILES string of the molecule is Cn1c(=O)c2[nH]c(SCCNC(=O)c3ccccc3)nc2n(C)c1=O. The van der Waals surface area contributed by atoms with Crippen molar-refractivity contribution >= 4 is 28.8 Å². The van der Waals surface area contributed by atoms with Gasteiger partial charge in [0.05, 0.1) is 0 Å². The van der Waals surface area contributed by atoms with Crippen LogP contribution in [0.1, 0.15) is 10.4 Å². The fraction of sp³-hybridized carbons (Fsp3) is 0.250. The highest BCUT2D eigenvalue weighted by Crippen LogP contribution is 2.15. The molecule has 9 heteroatoms. The van der Waals surface area contributed by atoms with Crippen LogP contribution in [0.4, 0.5) is 0 Å². The molecule has 0 saturated carbocycles. The number of fused-ring (bicyclic) bond motifs is 1. The summed E-state index contributed by atoms with van der Waals surface area (Å²) in [6, 6.07) is 8.97. The van der Waals surface area contributed by atoms with E-state index in [2.05, 4.69) is 15.3 Å². The number of imidazole rings is 1. The summed E-state index contributed by atoms with van der Waals surface area (Å²) in [6.07, 6.45) is 0. The van der Waals surface area contributed by atoms with E-state index in [1.165, 1.54) is 23.4 Å². The number of rotatable bonds is 5. The third-order valence-corrected chi connectivity index (χ3v) is 4.61. The van der Waals surface area contributed by atoms with Crippen LogP contribution in [-0.2, 0) is 14.1 Å². The molecule has 0 bridgehead atoms. The highest BCUT2D eigenvalue weighted by Gasteiger charge is 2.13. The summed E-state index contributed by atoms with van der Waals surface area (Å²) in [5.41, 5.74) is 0.393. The summed E-state index contributed by atoms with van der Waals surface area (Å²) in [5.74, 6) is 0.439. The van der Waals surface area contributed by atoms with Gasteiger partial charge < -0.3 is 10.3 Å². The molecule has 0 atom stereocenters. The average molecular weight is 359 g/mol. The van der Waals surface area contributed by atoms with Gasteiger partial charge in [-0.25, -0.2) is 9.78 Å². The molecule has 0 radical (unpaired) electrons. The average Bonchev–Trinajstić information content (AvgIpc) is 3.07. The number of aryl methyl sites for hydroxylation is 1. The van der Waals surface area contributed by atoms with Gasteiger partial charge in [0, 0.05) is 32.0 Å². The highest BCUT2D eigenvalue weighted by atomic mass is 32.2. The normalized spacial score (nSPS) is 11.0. The number of carbonyl (C=O) groups excluding carboxylic acids is 1. The molecule has 1 amide bonds. The van der Waals surface area contributed by atoms with E-state index in [0.717, 1.165) is 4.57 Å². The zero-order valence-corrected chi connectivity index (χ0v) is 14.6. The van der Waals surface area contributed by atoms with Crippen LogP contribution in [0, 0.1) is 0 Å². The fourth-order valence-corrected chi connectivity index (χ4v) is 3.10. The van der Waals surface area contributed by atoms with Crippen LogP contribution < -0.4 is 16.6 Å². The monoisotopic (exact) mass is 359 g/mol. The largest absolute Gasteiger partial charge is 0.351 e. The lowest BCUT2D eigenvalue weighted by Crippen LogP contribution is -2.36. The Hall–Kier alpha value is -2.81. The lowest BCUT2D eigenvalue weighted by Gasteiger charge is -2.03. The Bertz CT molecular complexity index is 1040. The van der Waals surface area contributed by atoms with Crippen LogP contribution >= 0.6 is 11.8 Å². The molecule has 2 heterocycles. The number of nitrogens with zero attached hydrogens (tertiary/aromatic N) is 3. The second-order valence-electron chi connectivity index (χ2n) is 5.42. The summed E-state index contributed by atoms with van der Waals surface area (Å²) in [5, 5.41) is 3.35. The predicted molar refractivity (Wildman–Crippen MR) is 96.1 cm³/mol. The molecular formula is C16H17N5O3S. The molecule has 8 nitrogen and oxygen atoms in total. The number of aromatic nitrogens is 4. The maximum atomic E-state index is 12.1. The van der Waals surface area contributed by atoms with E-state index in [0.29, 0.717) is 34.2 Å². The van der Waals surface area contributed by atoms with Gasteiger partial charge in [-0.15, -0.1) is 0 Å². The standard InChI is InChI=1S/C16H17N5O3S/c1-20-12-11(14(23)21(2)16(20)24)18-15(19-12)25-9-8-17-13(22)10-6-4-3-5-7-10/h3-7H,8-9H2,1-2H3,(H,17,22)(H,18,19). The highest BCUT2D eigenvalue weighted by molar-refractivity contribution is 7.99. The van der Waals surface area contributed by atoms with E-state index >= 15 is 0 Å². The van der Waals surface area contributed by atoms with Gasteiger partial charge in [-0.05, 0) is 12.1 Å². The van der Waals surface area contributed by atoms with Crippen LogP contribution in [0.5, 0.6) is 0 Å². The Balaban J connectivity index is 1.65. The predicted octanol–water partition coefficient (Wildman–Crippen LogP) is 0.482. The number of nitrogens with one attached hydrogen (secondary N) is 2. The number of hydrogen-bond donors (Lipinski definition) is 2. The summed E-state index contributed by atoms with van der Waals surface area (Å²) in [7, 11) is 3.00. The molecule has 2 aromatic heterocycles. The number of amides is 1. The Morgan fingerprint density at radius 3 is 2.64 bits per heavy atom. The van der Waals surface area contributed by atoms with E-state index in [-0.39, 0.29) is 5.91 Å². The maximum absolute atomic E-state index is 12.1. The van der Waals surface area contributed by atoms with Gasteiger partial charge in [0.25, 0.3) is 11.5 Å². The minimum atomic E-state index is -0.421. The molecule has 3 rings (SSSR count). The van der Waals surface area contributed by atoms with Crippen molar-refractivity contribution in [3.63, 3.8) is 0 Å². The number of benzene rings is 1. The van der Waals surface area contributed by atoms with E-state index in [1.807, 2.05) is 18.2 Å². The van der Waals surface area contributed by atoms with Gasteiger partial charge in [0.2, 0.25) is 0 Å². The van der Waals surface area contributed by atoms with Crippen molar-refractivity contribution in [2.24, 2.45) is 14.1 Å². The summed E-state index contributed by atoms with van der Waals surface area (Å²) >= 11 is 1.37. The molecule has 0 aliphatic heterocycles. The summed E-state index contributed by atoms with van der Waals surface area (Å²) < 4.78 is 2.36. The Labute approximate surface area is 146 Å². The molecule has 0 fully saturated rings. The van der Waals surface area contributed by atoms with Gasteiger partial charge in [-0.1, -0.05) is 30.0 Å². The molecule has 1 aromatic carbocycles. The lowest BCUT2D eigenvalue weighted by atomic mass is 10.2. The second-order valence-corrected chi connectivity index (χ2v) is 6.50. The molecule has 3 aromatic rings. The minimum Gasteiger partial charge on any atom is -0.351 e. The van der Waals surface area contributed by atoms with Crippen molar-refractivity contribution in [3.8, 4) is 0 Å². The molecule has 0 aliphatic rings. The van der Waals surface area contributed by atoms with Crippen LogP contribution in [0.3, 0.4) is 0 Å². The summed E-state index contributed by atoms with van der Waals surface area (Å²) in [6.45, 7) is 0.451. The topological polar surface area (TPSA) is 102 Å². The first kappa shape index (κ1) is 17.0. The van der Waals surface area contributed by atoms with E-state index in [9.17, 15) is 14.4 Å². The first-order valence-electron chi connectivity index (χ1n) is 7.61. The maximum Gasteiger partial charge on any atom is 0.332 e. The van der Waals surface area contributed by atoms with Crippen LogP contribution in [-0.4, -0.2) is 37.3 Å². The van der Waals surface area contributed by atoms with Crippen LogP contribution in [0.2, 0.25) is 0 Å². The summed E-state index contributed by atoms with van der Waals surface area (Å²) in [4.78, 5) is 43.2. The number of thioether (sulfide) groups is 1. The van der Waals surface area contributed by atoms with Gasteiger partial charge in [-0.3, -0.25) is 18.7 Å². The smallest absolute Gasteiger partial charge is 0.332 e. The molecule has 0 saturated heterocycles. The molecule has 130 valence electrons. The van der Waals surface area contributed by atoms with Gasteiger partial charge in [0.1, 0.15) is 0 Å². The third kappa shape index (κ3) is 3.36. The Morgan fingerprint density at radius 1 is 1.20 bits per heavy atom. The molecule has 0 spiro atoms. The van der Waals surface area contributed by atoms with Crippen LogP contribution in [0.15, 0.2) is 45.1 Å². The third-order valence-electron chi connectivity index (χ3n) is 3.74. The Morgan fingerprint density at radius 2 is 1.92 bits per heavy atom. The quantitative estimate of drug-likeness (QED) is 0.510. The number of aromatic amines is 1. The number of carbonyl (C=O) groups is 1. The molecule has 25 heavy (non-hydrogen) atoms. The van der Waals surface area contributed by atoms with Crippen molar-refractivity contribution in [2.45, 2.75) is 5.16 Å². The molecular weight excluding hydrogens is 342 g/mol. The zero-order chi connectivity index (χ0) is 18.0. The molecule has 0 aliphatic carbocycles. The second kappa shape index (κ2) is 6.98.